The Morgan fingerprint density at radius 1 is 1.03 bits per heavy atom. The van der Waals surface area contributed by atoms with Crippen LogP contribution in [0.2, 0.25) is 0 Å². The van der Waals surface area contributed by atoms with Crippen molar-refractivity contribution in [1.29, 1.82) is 0 Å². The van der Waals surface area contributed by atoms with Crippen LogP contribution in [0.15, 0.2) is 0 Å². The van der Waals surface area contributed by atoms with Gasteiger partial charge in [0.25, 0.3) is 0 Å². The number of ether oxygens (including phenoxy) is 1. The SMILES string of the molecule is CC1CC2CC(CN3CCNCC3)(C1)CC(C)C2C(C)C(C)(C)OC(=O)N1CCNCC1. The quantitative estimate of drug-likeness (QED) is 0.675. The van der Waals surface area contributed by atoms with Gasteiger partial charge in [-0.05, 0) is 74.5 Å². The van der Waals surface area contributed by atoms with Gasteiger partial charge in [0.15, 0.2) is 0 Å². The molecule has 2 aliphatic carbocycles. The lowest BCUT2D eigenvalue weighted by Gasteiger charge is -2.57. The summed E-state index contributed by atoms with van der Waals surface area (Å²) in [6, 6.07) is 0. The third-order valence-electron chi connectivity index (χ3n) is 9.31. The molecule has 0 aromatic carbocycles. The third kappa shape index (κ3) is 5.28. The predicted molar refractivity (Wildman–Crippen MR) is 130 cm³/mol. The zero-order valence-electron chi connectivity index (χ0n) is 21.3. The molecule has 184 valence electrons. The summed E-state index contributed by atoms with van der Waals surface area (Å²) >= 11 is 0. The predicted octanol–water partition coefficient (Wildman–Crippen LogP) is 3.43. The minimum atomic E-state index is -0.444. The van der Waals surface area contributed by atoms with Gasteiger partial charge >= 0.3 is 6.09 Å². The second-order valence-electron chi connectivity index (χ2n) is 12.3. The molecule has 2 bridgehead atoms. The molecule has 4 rings (SSSR count). The molecule has 0 spiro atoms. The number of nitrogens with zero attached hydrogens (tertiary/aromatic N) is 2. The highest BCUT2D eigenvalue weighted by molar-refractivity contribution is 5.68. The first kappa shape index (κ1) is 24.3. The van der Waals surface area contributed by atoms with Crippen molar-refractivity contribution in [3.63, 3.8) is 0 Å². The maximum atomic E-state index is 12.9. The third-order valence-corrected chi connectivity index (χ3v) is 9.31. The summed E-state index contributed by atoms with van der Waals surface area (Å²) in [5.74, 6) is 3.20. The summed E-state index contributed by atoms with van der Waals surface area (Å²) in [4.78, 5) is 17.5. The number of carbonyl (C=O) groups is 1. The Morgan fingerprint density at radius 2 is 1.66 bits per heavy atom. The van der Waals surface area contributed by atoms with E-state index < -0.39 is 5.60 Å². The van der Waals surface area contributed by atoms with Crippen molar-refractivity contribution in [2.45, 2.75) is 65.9 Å². The number of amides is 1. The van der Waals surface area contributed by atoms with Gasteiger partial charge in [0.1, 0.15) is 5.60 Å². The number of carbonyl (C=O) groups excluding carboxylic acids is 1. The fraction of sp³-hybridized carbons (Fsp3) is 0.962. The highest BCUT2D eigenvalue weighted by Crippen LogP contribution is 2.58. The Morgan fingerprint density at radius 3 is 2.31 bits per heavy atom. The first-order valence-corrected chi connectivity index (χ1v) is 13.3. The van der Waals surface area contributed by atoms with Crippen molar-refractivity contribution in [2.24, 2.45) is 35.0 Å². The van der Waals surface area contributed by atoms with Gasteiger partial charge in [-0.25, -0.2) is 4.79 Å². The number of hydrogen-bond donors (Lipinski definition) is 2. The summed E-state index contributed by atoms with van der Waals surface area (Å²) in [7, 11) is 0. The molecular formula is C26H48N4O2. The number of nitrogens with one attached hydrogen (secondary N) is 2. The Kier molecular flexibility index (Phi) is 7.43. The highest BCUT2D eigenvalue weighted by atomic mass is 16.6. The van der Waals surface area contributed by atoms with Gasteiger partial charge in [-0.1, -0.05) is 20.8 Å². The second kappa shape index (κ2) is 9.79. The maximum Gasteiger partial charge on any atom is 0.410 e. The molecule has 2 saturated heterocycles. The highest BCUT2D eigenvalue weighted by Gasteiger charge is 2.52. The molecule has 6 nitrogen and oxygen atoms in total. The van der Waals surface area contributed by atoms with E-state index in [4.69, 9.17) is 4.74 Å². The number of hydrogen-bond acceptors (Lipinski definition) is 5. The fourth-order valence-corrected chi connectivity index (χ4v) is 7.94. The van der Waals surface area contributed by atoms with Crippen LogP contribution in [0, 0.1) is 35.0 Å². The van der Waals surface area contributed by atoms with E-state index in [1.165, 1.54) is 45.3 Å². The number of piperazine rings is 2. The number of fused-ring (bicyclic) bond motifs is 2. The van der Waals surface area contributed by atoms with Crippen LogP contribution in [0.25, 0.3) is 0 Å². The smallest absolute Gasteiger partial charge is 0.410 e. The molecule has 0 radical (unpaired) electrons. The van der Waals surface area contributed by atoms with Gasteiger partial charge in [-0.3, -0.25) is 0 Å². The standard InChI is InChI=1S/C26H48N4O2/c1-19-14-22-17-26(15-19,18-29-10-6-27-7-11-29)16-20(2)23(22)21(3)25(4,5)32-24(31)30-12-8-28-9-13-30/h19-23,27-28H,6-18H2,1-5H3. The van der Waals surface area contributed by atoms with Crippen molar-refractivity contribution in [3.05, 3.63) is 0 Å². The molecular weight excluding hydrogens is 400 g/mol. The van der Waals surface area contributed by atoms with E-state index in [0.717, 1.165) is 51.1 Å². The van der Waals surface area contributed by atoms with Crippen LogP contribution >= 0.6 is 0 Å². The molecule has 6 atom stereocenters. The van der Waals surface area contributed by atoms with Crippen molar-refractivity contribution in [1.82, 2.24) is 20.4 Å². The van der Waals surface area contributed by atoms with Gasteiger partial charge in [-0.15, -0.1) is 0 Å². The van der Waals surface area contributed by atoms with Crippen LogP contribution < -0.4 is 10.6 Å². The molecule has 32 heavy (non-hydrogen) atoms. The van der Waals surface area contributed by atoms with Crippen LogP contribution in [0.5, 0.6) is 0 Å². The summed E-state index contributed by atoms with van der Waals surface area (Å²) in [5, 5.41) is 6.83. The Balaban J connectivity index is 1.44. The molecule has 2 saturated carbocycles. The van der Waals surface area contributed by atoms with E-state index in [0.29, 0.717) is 23.2 Å². The van der Waals surface area contributed by atoms with E-state index >= 15 is 0 Å². The molecule has 2 aliphatic heterocycles. The summed E-state index contributed by atoms with van der Waals surface area (Å²) in [6.45, 7) is 20.8. The zero-order valence-corrected chi connectivity index (χ0v) is 21.3. The first-order chi connectivity index (χ1) is 15.2. The number of rotatable bonds is 5. The van der Waals surface area contributed by atoms with Gasteiger partial charge in [-0.2, -0.15) is 0 Å². The lowest BCUT2D eigenvalue weighted by molar-refractivity contribution is -0.108. The molecule has 4 fully saturated rings. The monoisotopic (exact) mass is 448 g/mol. The minimum absolute atomic E-state index is 0.128. The van der Waals surface area contributed by atoms with Crippen molar-refractivity contribution < 1.29 is 9.53 Å². The van der Waals surface area contributed by atoms with Crippen LogP contribution in [0.4, 0.5) is 4.79 Å². The topological polar surface area (TPSA) is 56.8 Å². The Hall–Kier alpha value is -0.850. The van der Waals surface area contributed by atoms with E-state index in [2.05, 4.69) is 50.2 Å². The van der Waals surface area contributed by atoms with Crippen molar-refractivity contribution in [3.8, 4) is 0 Å². The van der Waals surface area contributed by atoms with Crippen LogP contribution in [-0.2, 0) is 4.74 Å². The van der Waals surface area contributed by atoms with Gasteiger partial charge in [0.05, 0.1) is 0 Å². The van der Waals surface area contributed by atoms with Gasteiger partial charge < -0.3 is 25.2 Å². The molecule has 1 amide bonds. The summed E-state index contributed by atoms with van der Waals surface area (Å²) in [5.41, 5.74) is 0.0387. The fourth-order valence-electron chi connectivity index (χ4n) is 7.94. The minimum Gasteiger partial charge on any atom is -0.443 e. The first-order valence-electron chi connectivity index (χ1n) is 13.3. The summed E-state index contributed by atoms with van der Waals surface area (Å²) in [6.07, 6.45) is 5.29. The zero-order chi connectivity index (χ0) is 22.9. The summed E-state index contributed by atoms with van der Waals surface area (Å²) < 4.78 is 6.20. The van der Waals surface area contributed by atoms with Crippen LogP contribution in [0.3, 0.4) is 0 Å². The van der Waals surface area contributed by atoms with E-state index in [9.17, 15) is 4.79 Å². The largest absolute Gasteiger partial charge is 0.443 e. The van der Waals surface area contributed by atoms with Gasteiger partial charge in [0.2, 0.25) is 0 Å². The Bertz CT molecular complexity index is 640. The van der Waals surface area contributed by atoms with Crippen molar-refractivity contribution in [2.75, 3.05) is 58.9 Å². The average Bonchev–Trinajstić information content (AvgIpc) is 2.73. The van der Waals surface area contributed by atoms with E-state index in [1.807, 2.05) is 4.90 Å². The second-order valence-corrected chi connectivity index (χ2v) is 12.3. The molecule has 6 unspecified atom stereocenters. The molecule has 6 heteroatoms. The lowest BCUT2D eigenvalue weighted by atomic mass is 9.50. The van der Waals surface area contributed by atoms with Crippen LogP contribution in [0.1, 0.15) is 60.3 Å². The molecule has 0 aromatic rings. The van der Waals surface area contributed by atoms with E-state index in [1.54, 1.807) is 0 Å². The molecule has 0 aromatic heterocycles. The Labute approximate surface area is 196 Å². The molecule has 2 N–H and O–H groups in total. The average molecular weight is 449 g/mol. The normalized spacial score (nSPS) is 37.7. The van der Waals surface area contributed by atoms with Crippen LogP contribution in [-0.4, -0.2) is 80.4 Å². The molecule has 4 aliphatic rings. The van der Waals surface area contributed by atoms with Crippen molar-refractivity contribution >= 4 is 6.09 Å². The maximum absolute atomic E-state index is 12.9. The lowest BCUT2D eigenvalue weighted by Crippen LogP contribution is -2.56. The van der Waals surface area contributed by atoms with E-state index in [-0.39, 0.29) is 6.09 Å². The van der Waals surface area contributed by atoms with Gasteiger partial charge in [0, 0.05) is 58.9 Å². The molecule has 2 heterocycles.